The molecular weight excluding hydrogens is 344 g/mol. The average molecular weight is 360 g/mol. The van der Waals surface area contributed by atoms with Crippen molar-refractivity contribution in [3.63, 3.8) is 0 Å². The number of hydrogen-bond donors (Lipinski definition) is 1. The number of fused-ring (bicyclic) bond motifs is 1. The first-order chi connectivity index (χ1) is 13.2. The molecule has 2 aromatic carbocycles. The molecule has 6 heteroatoms. The highest BCUT2D eigenvalue weighted by molar-refractivity contribution is 5.91. The molecule has 0 aliphatic carbocycles. The van der Waals surface area contributed by atoms with Crippen LogP contribution in [0.2, 0.25) is 0 Å². The van der Waals surface area contributed by atoms with Gasteiger partial charge < -0.3 is 14.8 Å². The van der Waals surface area contributed by atoms with E-state index in [1.165, 1.54) is 0 Å². The molecule has 0 saturated heterocycles. The van der Waals surface area contributed by atoms with E-state index in [1.54, 1.807) is 60.8 Å². The minimum atomic E-state index is -0.523. The standard InChI is InChI=1S/C21H16N2O4/c24-20(14-6-2-1-3-7-14)26-16-10-9-15-12-17(21(25)27-18(15)13-16)23-19-8-4-5-11-22-19/h1-11,13,17H,12H2,(H,22,23). The Hall–Kier alpha value is -3.67. The van der Waals surface area contributed by atoms with Crippen LogP contribution in [0.1, 0.15) is 15.9 Å². The number of nitrogens with one attached hydrogen (secondary N) is 1. The molecule has 1 N–H and O–H groups in total. The van der Waals surface area contributed by atoms with Gasteiger partial charge in [0.15, 0.2) is 0 Å². The Bertz CT molecular complexity index is 974. The Morgan fingerprint density at radius 3 is 2.67 bits per heavy atom. The minimum absolute atomic E-state index is 0.325. The van der Waals surface area contributed by atoms with Gasteiger partial charge in [0.2, 0.25) is 0 Å². The average Bonchev–Trinajstić information content (AvgIpc) is 2.70. The van der Waals surface area contributed by atoms with Crippen LogP contribution in [-0.2, 0) is 11.2 Å². The first-order valence-corrected chi connectivity index (χ1v) is 8.48. The van der Waals surface area contributed by atoms with Gasteiger partial charge in [-0.3, -0.25) is 0 Å². The summed E-state index contributed by atoms with van der Waals surface area (Å²) in [6.45, 7) is 0. The van der Waals surface area contributed by atoms with Gasteiger partial charge in [-0.2, -0.15) is 0 Å². The van der Waals surface area contributed by atoms with E-state index >= 15 is 0 Å². The van der Waals surface area contributed by atoms with Gasteiger partial charge in [-0.15, -0.1) is 0 Å². The zero-order chi connectivity index (χ0) is 18.6. The number of carbonyl (C=O) groups is 2. The molecule has 4 rings (SSSR count). The van der Waals surface area contributed by atoms with E-state index in [9.17, 15) is 9.59 Å². The zero-order valence-corrected chi connectivity index (χ0v) is 14.3. The fourth-order valence-electron chi connectivity index (χ4n) is 2.82. The molecule has 1 atom stereocenters. The molecule has 1 unspecified atom stereocenters. The van der Waals surface area contributed by atoms with Gasteiger partial charge in [-0.25, -0.2) is 14.6 Å². The van der Waals surface area contributed by atoms with Crippen molar-refractivity contribution < 1.29 is 19.1 Å². The van der Waals surface area contributed by atoms with E-state index in [0.29, 0.717) is 29.3 Å². The van der Waals surface area contributed by atoms with Crippen molar-refractivity contribution in [2.24, 2.45) is 0 Å². The van der Waals surface area contributed by atoms with Crippen molar-refractivity contribution in [3.8, 4) is 11.5 Å². The smallest absolute Gasteiger partial charge is 0.343 e. The number of carbonyl (C=O) groups excluding carboxylic acids is 2. The molecule has 3 aromatic rings. The first-order valence-electron chi connectivity index (χ1n) is 8.48. The van der Waals surface area contributed by atoms with Gasteiger partial charge in [-0.1, -0.05) is 30.3 Å². The SMILES string of the molecule is O=C(Oc1ccc2c(c1)OC(=O)C(Nc1ccccn1)C2)c1ccccc1. The lowest BCUT2D eigenvalue weighted by molar-refractivity contribution is -0.136. The number of esters is 2. The van der Waals surface area contributed by atoms with Gasteiger partial charge in [0.05, 0.1) is 5.56 Å². The summed E-state index contributed by atoms with van der Waals surface area (Å²) in [6, 6.07) is 18.7. The molecule has 0 amide bonds. The van der Waals surface area contributed by atoms with E-state index in [-0.39, 0.29) is 0 Å². The predicted octanol–water partition coefficient (Wildman–Crippen LogP) is 3.24. The van der Waals surface area contributed by atoms with Crippen LogP contribution >= 0.6 is 0 Å². The molecule has 1 aliphatic heterocycles. The molecule has 134 valence electrons. The van der Waals surface area contributed by atoms with Gasteiger partial charge in [0, 0.05) is 18.7 Å². The quantitative estimate of drug-likeness (QED) is 0.568. The number of anilines is 1. The number of rotatable bonds is 4. The summed E-state index contributed by atoms with van der Waals surface area (Å²) in [7, 11) is 0. The van der Waals surface area contributed by atoms with Crippen LogP contribution in [0.4, 0.5) is 5.82 Å². The normalized spacial score (nSPS) is 15.4. The van der Waals surface area contributed by atoms with Crippen LogP contribution in [0.5, 0.6) is 11.5 Å². The van der Waals surface area contributed by atoms with Crippen LogP contribution in [0.3, 0.4) is 0 Å². The Balaban J connectivity index is 1.48. The minimum Gasteiger partial charge on any atom is -0.425 e. The summed E-state index contributed by atoms with van der Waals surface area (Å²) in [5.41, 5.74) is 1.30. The molecule has 0 bridgehead atoms. The van der Waals surface area contributed by atoms with Crippen LogP contribution in [-0.4, -0.2) is 23.0 Å². The summed E-state index contributed by atoms with van der Waals surface area (Å²) in [5.74, 6) is 0.465. The summed E-state index contributed by atoms with van der Waals surface area (Å²) in [5, 5.41) is 3.07. The van der Waals surface area contributed by atoms with Gasteiger partial charge >= 0.3 is 11.9 Å². The van der Waals surface area contributed by atoms with Crippen LogP contribution in [0.15, 0.2) is 72.9 Å². The molecule has 6 nitrogen and oxygen atoms in total. The highest BCUT2D eigenvalue weighted by atomic mass is 16.5. The Morgan fingerprint density at radius 2 is 1.89 bits per heavy atom. The van der Waals surface area contributed by atoms with Gasteiger partial charge in [-0.05, 0) is 35.9 Å². The molecule has 27 heavy (non-hydrogen) atoms. The van der Waals surface area contributed by atoms with Crippen molar-refractivity contribution in [2.45, 2.75) is 12.5 Å². The maximum Gasteiger partial charge on any atom is 0.343 e. The number of nitrogens with zero attached hydrogens (tertiary/aromatic N) is 1. The monoisotopic (exact) mass is 360 g/mol. The van der Waals surface area contributed by atoms with Crippen LogP contribution in [0.25, 0.3) is 0 Å². The second-order valence-electron chi connectivity index (χ2n) is 6.06. The van der Waals surface area contributed by atoms with Crippen molar-refractivity contribution in [1.82, 2.24) is 4.98 Å². The summed E-state index contributed by atoms with van der Waals surface area (Å²) in [4.78, 5) is 28.6. The summed E-state index contributed by atoms with van der Waals surface area (Å²) in [6.07, 6.45) is 2.11. The zero-order valence-electron chi connectivity index (χ0n) is 14.3. The third-order valence-corrected chi connectivity index (χ3v) is 4.16. The number of benzene rings is 2. The molecule has 0 radical (unpaired) electrons. The van der Waals surface area contributed by atoms with E-state index in [0.717, 1.165) is 5.56 Å². The predicted molar refractivity (Wildman–Crippen MR) is 98.8 cm³/mol. The van der Waals surface area contributed by atoms with Crippen molar-refractivity contribution in [1.29, 1.82) is 0 Å². The molecule has 2 heterocycles. The van der Waals surface area contributed by atoms with E-state index in [4.69, 9.17) is 9.47 Å². The second kappa shape index (κ2) is 7.29. The molecule has 1 aromatic heterocycles. The maximum atomic E-state index is 12.3. The second-order valence-corrected chi connectivity index (χ2v) is 6.06. The number of pyridine rings is 1. The number of aromatic nitrogens is 1. The third-order valence-electron chi connectivity index (χ3n) is 4.16. The molecule has 0 fully saturated rings. The molecule has 0 saturated carbocycles. The summed E-state index contributed by atoms with van der Waals surface area (Å²) < 4.78 is 10.8. The lowest BCUT2D eigenvalue weighted by atomic mass is 10.0. The fourth-order valence-corrected chi connectivity index (χ4v) is 2.82. The van der Waals surface area contributed by atoms with Crippen molar-refractivity contribution in [3.05, 3.63) is 84.1 Å². The van der Waals surface area contributed by atoms with Gasteiger partial charge in [0.25, 0.3) is 0 Å². The maximum absolute atomic E-state index is 12.3. The number of hydrogen-bond acceptors (Lipinski definition) is 6. The lowest BCUT2D eigenvalue weighted by Gasteiger charge is -2.24. The van der Waals surface area contributed by atoms with Crippen LogP contribution < -0.4 is 14.8 Å². The molecule has 0 spiro atoms. The first kappa shape index (κ1) is 16.8. The number of ether oxygens (including phenoxy) is 2. The largest absolute Gasteiger partial charge is 0.425 e. The van der Waals surface area contributed by atoms with Crippen molar-refractivity contribution >= 4 is 17.8 Å². The molecule has 1 aliphatic rings. The van der Waals surface area contributed by atoms with E-state index < -0.39 is 18.0 Å². The van der Waals surface area contributed by atoms with E-state index in [2.05, 4.69) is 10.3 Å². The summed E-state index contributed by atoms with van der Waals surface area (Å²) >= 11 is 0. The van der Waals surface area contributed by atoms with E-state index in [1.807, 2.05) is 12.1 Å². The Morgan fingerprint density at radius 1 is 1.07 bits per heavy atom. The Kier molecular flexibility index (Phi) is 4.53. The lowest BCUT2D eigenvalue weighted by Crippen LogP contribution is -2.38. The highest BCUT2D eigenvalue weighted by Crippen LogP contribution is 2.30. The topological polar surface area (TPSA) is 77.5 Å². The Labute approximate surface area is 155 Å². The highest BCUT2D eigenvalue weighted by Gasteiger charge is 2.29. The fraction of sp³-hybridized carbons (Fsp3) is 0.0952. The van der Waals surface area contributed by atoms with Crippen LogP contribution in [0, 0.1) is 0 Å². The molecular formula is C21H16N2O4. The van der Waals surface area contributed by atoms with Gasteiger partial charge in [0.1, 0.15) is 23.4 Å². The van der Waals surface area contributed by atoms with Crippen molar-refractivity contribution in [2.75, 3.05) is 5.32 Å². The third kappa shape index (κ3) is 3.79.